The van der Waals surface area contributed by atoms with E-state index < -0.39 is 11.7 Å². The third-order valence-corrected chi connectivity index (χ3v) is 3.02. The largest absolute Gasteiger partial charge is 0.366 e. The van der Waals surface area contributed by atoms with Crippen molar-refractivity contribution in [1.82, 2.24) is 0 Å². The zero-order chi connectivity index (χ0) is 16.7. The smallest absolute Gasteiger partial charge is 0.249 e. The Labute approximate surface area is 128 Å². The summed E-state index contributed by atoms with van der Waals surface area (Å²) in [7, 11) is 0. The van der Waals surface area contributed by atoms with Gasteiger partial charge in [-0.1, -0.05) is 30.9 Å². The van der Waals surface area contributed by atoms with Gasteiger partial charge in [-0.25, -0.2) is 4.39 Å². The summed E-state index contributed by atoms with van der Waals surface area (Å²) in [5.41, 5.74) is 6.50. The van der Waals surface area contributed by atoms with Gasteiger partial charge in [0, 0.05) is 23.3 Å². The van der Waals surface area contributed by atoms with Crippen LogP contribution in [0.3, 0.4) is 0 Å². The number of nitrogens with two attached hydrogens (primary N) is 1. The Kier molecular flexibility index (Phi) is 6.13. The lowest BCUT2D eigenvalue weighted by Crippen LogP contribution is -2.20. The molecule has 0 unspecified atom stereocenters. The second-order valence-electron chi connectivity index (χ2n) is 4.51. The van der Waals surface area contributed by atoms with E-state index in [1.165, 1.54) is 36.4 Å². The zero-order valence-electron chi connectivity index (χ0n) is 12.2. The van der Waals surface area contributed by atoms with Gasteiger partial charge in [0.25, 0.3) is 0 Å². The van der Waals surface area contributed by atoms with Crippen LogP contribution in [0.1, 0.15) is 22.8 Å². The predicted octanol–water partition coefficient (Wildman–Crippen LogP) is 2.74. The summed E-state index contributed by atoms with van der Waals surface area (Å²) in [6.45, 7) is 5.20. The molecule has 22 heavy (non-hydrogen) atoms. The summed E-state index contributed by atoms with van der Waals surface area (Å²) >= 11 is 0. The molecule has 0 aromatic heterocycles. The van der Waals surface area contributed by atoms with E-state index in [0.29, 0.717) is 17.4 Å². The van der Waals surface area contributed by atoms with E-state index in [4.69, 9.17) is 11.1 Å². The molecular weight excluding hydrogens is 283 g/mol. The first-order valence-corrected chi connectivity index (χ1v) is 6.55. The molecule has 1 aromatic rings. The number of carbonyl (C=O) groups is 2. The van der Waals surface area contributed by atoms with Gasteiger partial charge in [0.2, 0.25) is 5.91 Å². The molecule has 0 fully saturated rings. The van der Waals surface area contributed by atoms with Crippen molar-refractivity contribution < 1.29 is 14.0 Å². The fourth-order valence-corrected chi connectivity index (χ4v) is 1.99. The average Bonchev–Trinajstić information content (AvgIpc) is 2.48. The summed E-state index contributed by atoms with van der Waals surface area (Å²) in [6, 6.07) is 4.04. The molecule has 0 aliphatic heterocycles. The van der Waals surface area contributed by atoms with Gasteiger partial charge in [-0.3, -0.25) is 9.59 Å². The van der Waals surface area contributed by atoms with Crippen molar-refractivity contribution in [2.24, 2.45) is 5.73 Å². The van der Waals surface area contributed by atoms with Crippen molar-refractivity contribution in [3.8, 4) is 0 Å². The molecule has 114 valence electrons. The van der Waals surface area contributed by atoms with Crippen molar-refractivity contribution in [3.05, 3.63) is 71.1 Å². The minimum atomic E-state index is -0.645. The molecule has 0 saturated carbocycles. The van der Waals surface area contributed by atoms with Crippen molar-refractivity contribution in [2.45, 2.75) is 13.3 Å². The SMILES string of the molecule is C=C/C=C(C(=N)Cc1ccc(F)c(C=O)c1)\C(=C/C)C(N)=O. The van der Waals surface area contributed by atoms with E-state index in [1.807, 2.05) is 0 Å². The van der Waals surface area contributed by atoms with E-state index in [1.54, 1.807) is 6.92 Å². The molecule has 0 aliphatic carbocycles. The van der Waals surface area contributed by atoms with Crippen LogP contribution in [-0.4, -0.2) is 17.9 Å². The molecular formula is C17H17FN2O2. The number of allylic oxidation sites excluding steroid dienone is 3. The quantitative estimate of drug-likeness (QED) is 0.351. The van der Waals surface area contributed by atoms with Crippen molar-refractivity contribution in [1.29, 1.82) is 5.41 Å². The van der Waals surface area contributed by atoms with Crippen LogP contribution in [0.15, 0.2) is 54.2 Å². The molecule has 0 aliphatic rings. The lowest BCUT2D eigenvalue weighted by molar-refractivity contribution is -0.114. The van der Waals surface area contributed by atoms with Crippen LogP contribution in [0.25, 0.3) is 0 Å². The molecule has 0 radical (unpaired) electrons. The zero-order valence-corrected chi connectivity index (χ0v) is 12.2. The van der Waals surface area contributed by atoms with Crippen LogP contribution < -0.4 is 5.73 Å². The number of benzene rings is 1. The predicted molar refractivity (Wildman–Crippen MR) is 84.4 cm³/mol. The van der Waals surface area contributed by atoms with Gasteiger partial charge in [-0.05, 0) is 24.6 Å². The van der Waals surface area contributed by atoms with Gasteiger partial charge >= 0.3 is 0 Å². The summed E-state index contributed by atoms with van der Waals surface area (Å²) < 4.78 is 13.3. The van der Waals surface area contributed by atoms with Crippen LogP contribution in [-0.2, 0) is 11.2 Å². The Bertz CT molecular complexity index is 688. The minimum Gasteiger partial charge on any atom is -0.366 e. The Morgan fingerprint density at radius 3 is 2.59 bits per heavy atom. The summed E-state index contributed by atoms with van der Waals surface area (Å²) in [4.78, 5) is 22.2. The number of aldehydes is 1. The number of primary amides is 1. The normalized spacial score (nSPS) is 11.9. The van der Waals surface area contributed by atoms with Crippen LogP contribution in [0, 0.1) is 11.2 Å². The van der Waals surface area contributed by atoms with Crippen LogP contribution in [0.2, 0.25) is 0 Å². The van der Waals surface area contributed by atoms with Gasteiger partial charge in [-0.15, -0.1) is 0 Å². The monoisotopic (exact) mass is 300 g/mol. The molecule has 0 atom stereocenters. The second-order valence-corrected chi connectivity index (χ2v) is 4.51. The Balaban J connectivity index is 3.13. The van der Waals surface area contributed by atoms with Crippen LogP contribution in [0.5, 0.6) is 0 Å². The Morgan fingerprint density at radius 1 is 1.41 bits per heavy atom. The maximum absolute atomic E-state index is 13.3. The summed E-state index contributed by atoms with van der Waals surface area (Å²) in [5.74, 6) is -1.26. The van der Waals surface area contributed by atoms with E-state index in [2.05, 4.69) is 6.58 Å². The number of halogens is 1. The molecule has 1 aromatic carbocycles. The van der Waals surface area contributed by atoms with E-state index in [0.717, 1.165) is 0 Å². The number of hydrogen-bond acceptors (Lipinski definition) is 3. The standard InChI is InChI=1S/C17H17FN2O2/c1-3-5-14(13(4-2)17(20)22)16(19)9-11-6-7-15(18)12(8-11)10-21/h3-8,10,19H,1,9H2,2H3,(H2,20,22)/b13-4+,14-5+,19-16?. The molecule has 0 bridgehead atoms. The van der Waals surface area contributed by atoms with Gasteiger partial charge in [0.1, 0.15) is 5.82 Å². The molecule has 0 saturated heterocycles. The molecule has 1 amide bonds. The van der Waals surface area contributed by atoms with Gasteiger partial charge in [0.05, 0.1) is 5.56 Å². The van der Waals surface area contributed by atoms with Gasteiger partial charge in [0.15, 0.2) is 6.29 Å². The fourth-order valence-electron chi connectivity index (χ4n) is 1.99. The van der Waals surface area contributed by atoms with Gasteiger partial charge < -0.3 is 11.1 Å². The molecule has 0 heterocycles. The topological polar surface area (TPSA) is 84.0 Å². The van der Waals surface area contributed by atoms with Crippen LogP contribution >= 0.6 is 0 Å². The summed E-state index contributed by atoms with van der Waals surface area (Å²) in [6.07, 6.45) is 5.05. The highest BCUT2D eigenvalue weighted by Gasteiger charge is 2.15. The lowest BCUT2D eigenvalue weighted by Gasteiger charge is -2.11. The first-order chi connectivity index (χ1) is 10.4. The minimum absolute atomic E-state index is 0.0688. The third kappa shape index (κ3) is 4.09. The van der Waals surface area contributed by atoms with Crippen molar-refractivity contribution in [3.63, 3.8) is 0 Å². The molecule has 3 N–H and O–H groups in total. The number of hydrogen-bond donors (Lipinski definition) is 2. The number of amides is 1. The lowest BCUT2D eigenvalue weighted by atomic mass is 9.94. The summed E-state index contributed by atoms with van der Waals surface area (Å²) in [5, 5.41) is 8.15. The third-order valence-electron chi connectivity index (χ3n) is 3.02. The van der Waals surface area contributed by atoms with Crippen molar-refractivity contribution in [2.75, 3.05) is 0 Å². The maximum atomic E-state index is 13.3. The van der Waals surface area contributed by atoms with Crippen molar-refractivity contribution >= 4 is 17.9 Å². The Morgan fingerprint density at radius 2 is 2.09 bits per heavy atom. The first kappa shape index (κ1) is 17.2. The van der Waals surface area contributed by atoms with E-state index >= 15 is 0 Å². The first-order valence-electron chi connectivity index (χ1n) is 6.55. The Hall–Kier alpha value is -2.82. The van der Waals surface area contributed by atoms with E-state index in [9.17, 15) is 14.0 Å². The highest BCUT2D eigenvalue weighted by molar-refractivity contribution is 6.13. The molecule has 0 spiro atoms. The number of carbonyl (C=O) groups excluding carboxylic acids is 2. The van der Waals surface area contributed by atoms with Crippen LogP contribution in [0.4, 0.5) is 4.39 Å². The molecule has 5 heteroatoms. The second kappa shape index (κ2) is 7.83. The number of rotatable bonds is 7. The highest BCUT2D eigenvalue weighted by Crippen LogP contribution is 2.16. The molecule has 4 nitrogen and oxygen atoms in total. The van der Waals surface area contributed by atoms with Gasteiger partial charge in [-0.2, -0.15) is 0 Å². The average molecular weight is 300 g/mol. The fraction of sp³-hybridized carbons (Fsp3) is 0.118. The molecule has 1 rings (SSSR count). The highest BCUT2D eigenvalue weighted by atomic mass is 19.1. The maximum Gasteiger partial charge on any atom is 0.249 e. The number of nitrogens with one attached hydrogen (secondary N) is 1. The van der Waals surface area contributed by atoms with E-state index in [-0.39, 0.29) is 23.3 Å².